The van der Waals surface area contributed by atoms with E-state index in [9.17, 15) is 9.18 Å². The van der Waals surface area contributed by atoms with Gasteiger partial charge >= 0.3 is 0 Å². The Labute approximate surface area is 153 Å². The zero-order valence-electron chi connectivity index (χ0n) is 15.0. The number of nitrogens with one attached hydrogen (secondary N) is 2. The summed E-state index contributed by atoms with van der Waals surface area (Å²) in [4.78, 5) is 12.3. The number of aryl methyl sites for hydroxylation is 1. The molecule has 0 aromatic heterocycles. The van der Waals surface area contributed by atoms with E-state index in [1.54, 1.807) is 24.3 Å². The molecule has 25 heavy (non-hydrogen) atoms. The molecule has 0 saturated heterocycles. The summed E-state index contributed by atoms with van der Waals surface area (Å²) in [5.74, 6) is -0.453. The van der Waals surface area contributed by atoms with Crippen LogP contribution in [0, 0.1) is 18.2 Å². The zero-order valence-corrected chi connectivity index (χ0v) is 15.7. The largest absolute Gasteiger partial charge is 0.324 e. The van der Waals surface area contributed by atoms with Gasteiger partial charge in [-0.2, -0.15) is 0 Å². The molecule has 0 radical (unpaired) electrons. The van der Waals surface area contributed by atoms with Gasteiger partial charge in [-0.15, -0.1) is 0 Å². The van der Waals surface area contributed by atoms with Crippen molar-refractivity contribution in [3.8, 4) is 0 Å². The van der Waals surface area contributed by atoms with Crippen molar-refractivity contribution in [2.75, 3.05) is 11.9 Å². The van der Waals surface area contributed by atoms with Gasteiger partial charge in [-0.25, -0.2) is 4.39 Å². The number of halogens is 2. The van der Waals surface area contributed by atoms with Crippen LogP contribution in [-0.2, 0) is 4.79 Å². The van der Waals surface area contributed by atoms with Crippen LogP contribution in [0.2, 0.25) is 5.02 Å². The van der Waals surface area contributed by atoms with Crippen molar-refractivity contribution >= 4 is 23.2 Å². The Morgan fingerprint density at radius 3 is 2.36 bits per heavy atom. The van der Waals surface area contributed by atoms with Gasteiger partial charge in [0.05, 0.1) is 17.3 Å². The van der Waals surface area contributed by atoms with E-state index in [0.29, 0.717) is 10.7 Å². The molecule has 2 aromatic rings. The predicted octanol–water partition coefficient (Wildman–Crippen LogP) is 5.10. The Hall–Kier alpha value is -1.91. The van der Waals surface area contributed by atoms with Crippen molar-refractivity contribution in [1.82, 2.24) is 5.32 Å². The SMILES string of the molecule is Cc1ccc(NC(=O)CNC(c2ccc(F)cc2)C(C)(C)C)c(Cl)c1. The van der Waals surface area contributed by atoms with Crippen LogP contribution in [-0.4, -0.2) is 12.5 Å². The monoisotopic (exact) mass is 362 g/mol. The molecule has 3 nitrogen and oxygen atoms in total. The summed E-state index contributed by atoms with van der Waals surface area (Å²) in [6.07, 6.45) is 0. The Balaban J connectivity index is 2.05. The average Bonchev–Trinajstić information content (AvgIpc) is 2.51. The van der Waals surface area contributed by atoms with Gasteiger partial charge in [0, 0.05) is 6.04 Å². The molecule has 0 aliphatic heterocycles. The molecule has 0 bridgehead atoms. The molecule has 1 atom stereocenters. The minimum Gasteiger partial charge on any atom is -0.324 e. The van der Waals surface area contributed by atoms with E-state index in [1.807, 2.05) is 13.0 Å². The maximum atomic E-state index is 13.2. The standard InChI is InChI=1S/C20H24ClFN2O/c1-13-5-10-17(16(21)11-13)24-18(25)12-23-19(20(2,3)4)14-6-8-15(22)9-7-14/h5-11,19,23H,12H2,1-4H3,(H,24,25). The van der Waals surface area contributed by atoms with E-state index in [0.717, 1.165) is 11.1 Å². The summed E-state index contributed by atoms with van der Waals surface area (Å²) in [5.41, 5.74) is 2.42. The van der Waals surface area contributed by atoms with Gasteiger partial charge in [-0.1, -0.05) is 50.6 Å². The van der Waals surface area contributed by atoms with Crippen molar-refractivity contribution in [2.45, 2.75) is 33.7 Å². The number of hydrogen-bond donors (Lipinski definition) is 2. The average molecular weight is 363 g/mol. The van der Waals surface area contributed by atoms with Crippen LogP contribution < -0.4 is 10.6 Å². The molecule has 0 heterocycles. The van der Waals surface area contributed by atoms with Crippen LogP contribution in [0.1, 0.15) is 37.9 Å². The van der Waals surface area contributed by atoms with E-state index in [-0.39, 0.29) is 29.7 Å². The van der Waals surface area contributed by atoms with Gasteiger partial charge in [0.15, 0.2) is 0 Å². The van der Waals surface area contributed by atoms with Gasteiger partial charge < -0.3 is 10.6 Å². The van der Waals surface area contributed by atoms with E-state index < -0.39 is 0 Å². The predicted molar refractivity (Wildman–Crippen MR) is 101 cm³/mol. The van der Waals surface area contributed by atoms with Gasteiger partial charge in [0.1, 0.15) is 5.82 Å². The molecule has 0 fully saturated rings. The second-order valence-corrected chi connectivity index (χ2v) is 7.67. The normalized spacial score (nSPS) is 12.7. The summed E-state index contributed by atoms with van der Waals surface area (Å²) >= 11 is 6.15. The highest BCUT2D eigenvalue weighted by Crippen LogP contribution is 2.32. The lowest BCUT2D eigenvalue weighted by Crippen LogP contribution is -2.37. The Morgan fingerprint density at radius 2 is 1.80 bits per heavy atom. The van der Waals surface area contributed by atoms with Crippen LogP contribution in [0.3, 0.4) is 0 Å². The highest BCUT2D eigenvalue weighted by Gasteiger charge is 2.26. The first kappa shape index (κ1) is 19.4. The van der Waals surface area contributed by atoms with Crippen LogP contribution in [0.25, 0.3) is 0 Å². The van der Waals surface area contributed by atoms with Gasteiger partial charge in [0.25, 0.3) is 0 Å². The van der Waals surface area contributed by atoms with Crippen molar-refractivity contribution < 1.29 is 9.18 Å². The van der Waals surface area contributed by atoms with Crippen LogP contribution >= 0.6 is 11.6 Å². The van der Waals surface area contributed by atoms with E-state index in [1.165, 1.54) is 12.1 Å². The first-order valence-electron chi connectivity index (χ1n) is 8.21. The highest BCUT2D eigenvalue weighted by molar-refractivity contribution is 6.33. The van der Waals surface area contributed by atoms with Crippen molar-refractivity contribution in [3.05, 3.63) is 64.4 Å². The molecule has 0 spiro atoms. The molecule has 1 unspecified atom stereocenters. The first-order valence-corrected chi connectivity index (χ1v) is 8.59. The van der Waals surface area contributed by atoms with E-state index >= 15 is 0 Å². The topological polar surface area (TPSA) is 41.1 Å². The number of anilines is 1. The summed E-state index contributed by atoms with van der Waals surface area (Å²) < 4.78 is 13.2. The third kappa shape index (κ3) is 5.55. The van der Waals surface area contributed by atoms with Crippen molar-refractivity contribution in [1.29, 1.82) is 0 Å². The van der Waals surface area contributed by atoms with Gasteiger partial charge in [0.2, 0.25) is 5.91 Å². The molecular formula is C20H24ClFN2O. The number of carbonyl (C=O) groups is 1. The third-order valence-corrected chi connectivity index (χ3v) is 4.25. The Kier molecular flexibility index (Phi) is 6.20. The lowest BCUT2D eigenvalue weighted by molar-refractivity contribution is -0.115. The van der Waals surface area contributed by atoms with Crippen molar-refractivity contribution in [3.63, 3.8) is 0 Å². The molecule has 2 N–H and O–H groups in total. The van der Waals surface area contributed by atoms with Gasteiger partial charge in [-0.05, 0) is 47.7 Å². The molecule has 1 amide bonds. The highest BCUT2D eigenvalue weighted by atomic mass is 35.5. The fourth-order valence-electron chi connectivity index (χ4n) is 2.69. The smallest absolute Gasteiger partial charge is 0.238 e. The summed E-state index contributed by atoms with van der Waals surface area (Å²) in [6.45, 7) is 8.29. The summed E-state index contributed by atoms with van der Waals surface area (Å²) in [5, 5.41) is 6.59. The van der Waals surface area contributed by atoms with Gasteiger partial charge in [-0.3, -0.25) is 4.79 Å². The zero-order chi connectivity index (χ0) is 18.6. The maximum Gasteiger partial charge on any atom is 0.238 e. The molecule has 2 rings (SSSR count). The molecule has 0 aliphatic rings. The summed E-state index contributed by atoms with van der Waals surface area (Å²) in [6, 6.07) is 11.7. The quantitative estimate of drug-likeness (QED) is 0.776. The molecule has 5 heteroatoms. The van der Waals surface area contributed by atoms with E-state index in [4.69, 9.17) is 11.6 Å². The Morgan fingerprint density at radius 1 is 1.16 bits per heavy atom. The summed E-state index contributed by atoms with van der Waals surface area (Å²) in [7, 11) is 0. The maximum absolute atomic E-state index is 13.2. The molecule has 0 saturated carbocycles. The number of rotatable bonds is 5. The molecule has 0 aliphatic carbocycles. The Bertz CT molecular complexity index is 738. The third-order valence-electron chi connectivity index (χ3n) is 3.93. The number of hydrogen-bond acceptors (Lipinski definition) is 2. The molecular weight excluding hydrogens is 339 g/mol. The first-order chi connectivity index (χ1) is 11.7. The second-order valence-electron chi connectivity index (χ2n) is 7.26. The lowest BCUT2D eigenvalue weighted by atomic mass is 9.82. The van der Waals surface area contributed by atoms with Crippen LogP contribution in [0.5, 0.6) is 0 Å². The molecule has 134 valence electrons. The minimum atomic E-state index is -0.275. The van der Waals surface area contributed by atoms with E-state index in [2.05, 4.69) is 31.4 Å². The number of benzene rings is 2. The van der Waals surface area contributed by atoms with Crippen molar-refractivity contribution in [2.24, 2.45) is 5.41 Å². The second kappa shape index (κ2) is 7.98. The number of amides is 1. The fraction of sp³-hybridized carbons (Fsp3) is 0.350. The van der Waals surface area contributed by atoms with Crippen LogP contribution in [0.15, 0.2) is 42.5 Å². The fourth-order valence-corrected chi connectivity index (χ4v) is 2.97. The molecule has 2 aromatic carbocycles. The lowest BCUT2D eigenvalue weighted by Gasteiger charge is -2.32. The number of carbonyl (C=O) groups excluding carboxylic acids is 1. The minimum absolute atomic E-state index is 0.0904. The van der Waals surface area contributed by atoms with Crippen LogP contribution in [0.4, 0.5) is 10.1 Å².